The van der Waals surface area contributed by atoms with Gasteiger partial charge in [-0.2, -0.15) is 0 Å². The molecular weight excluding hydrogens is 326 g/mol. The normalized spacial score (nSPS) is 15.4. The fraction of sp³-hybridized carbons (Fsp3) is 0.385. The van der Waals surface area contributed by atoms with Crippen molar-refractivity contribution in [1.29, 1.82) is 0 Å². The van der Waals surface area contributed by atoms with Gasteiger partial charge in [-0.3, -0.25) is 9.59 Å². The van der Waals surface area contributed by atoms with Crippen molar-refractivity contribution in [1.82, 2.24) is 9.21 Å². The summed E-state index contributed by atoms with van der Waals surface area (Å²) in [5.74, 6) is 0.332. The number of benzene rings is 1. The van der Waals surface area contributed by atoms with Gasteiger partial charge in [0.05, 0.1) is 4.90 Å². The van der Waals surface area contributed by atoms with Gasteiger partial charge in [-0.1, -0.05) is 17.8 Å². The van der Waals surface area contributed by atoms with Gasteiger partial charge in [0.15, 0.2) is 0 Å². The van der Waals surface area contributed by atoms with Crippen molar-refractivity contribution in [3.05, 3.63) is 24.3 Å². The molecule has 1 fully saturated rings. The highest BCUT2D eigenvalue weighted by Gasteiger charge is 2.23. The summed E-state index contributed by atoms with van der Waals surface area (Å²) in [5, 5.41) is 2.50. The van der Waals surface area contributed by atoms with Crippen LogP contribution in [0.3, 0.4) is 0 Å². The molecule has 0 spiro atoms. The molecule has 0 unspecified atom stereocenters. The first-order valence-corrected chi connectivity index (χ1v) is 8.97. The Kier molecular flexibility index (Phi) is 5.09. The smallest absolute Gasteiger partial charge is 0.282 e. The Hall–Kier alpha value is -1.58. The molecule has 0 bridgehead atoms. The molecule has 0 saturated carbocycles. The molecule has 0 atom stereocenters. The first-order valence-electron chi connectivity index (χ1n) is 6.55. The third-order valence-corrected chi connectivity index (χ3v) is 5.78. The van der Waals surface area contributed by atoms with Crippen molar-refractivity contribution < 1.29 is 18.0 Å². The van der Waals surface area contributed by atoms with Crippen molar-refractivity contribution in [2.75, 3.05) is 38.3 Å². The monoisotopic (exact) mass is 343 g/mol. The van der Waals surface area contributed by atoms with E-state index in [9.17, 15) is 18.0 Å². The highest BCUT2D eigenvalue weighted by molar-refractivity contribution is 8.13. The average molecular weight is 343 g/mol. The number of rotatable bonds is 5. The number of nitrogens with one attached hydrogen (secondary N) is 1. The highest BCUT2D eigenvalue weighted by atomic mass is 32.2. The van der Waals surface area contributed by atoms with E-state index in [2.05, 4.69) is 5.32 Å². The Labute approximate surface area is 133 Å². The van der Waals surface area contributed by atoms with E-state index in [1.165, 1.54) is 42.9 Å². The van der Waals surface area contributed by atoms with Crippen LogP contribution < -0.4 is 5.32 Å². The number of nitrogens with zero attached hydrogens (tertiary/aromatic N) is 2. The second-order valence-electron chi connectivity index (χ2n) is 4.90. The minimum absolute atomic E-state index is 0.0313. The lowest BCUT2D eigenvalue weighted by Crippen LogP contribution is -2.33. The number of hydrogen-bond donors (Lipinski definition) is 1. The quantitative estimate of drug-likeness (QED) is 0.863. The number of anilines is 1. The number of hydrogen-bond acceptors (Lipinski definition) is 5. The lowest BCUT2D eigenvalue weighted by Gasteiger charge is -2.15. The van der Waals surface area contributed by atoms with Crippen LogP contribution in [0, 0.1) is 0 Å². The molecule has 22 heavy (non-hydrogen) atoms. The van der Waals surface area contributed by atoms with E-state index in [4.69, 9.17) is 0 Å². The molecule has 120 valence electrons. The highest BCUT2D eigenvalue weighted by Crippen LogP contribution is 2.19. The van der Waals surface area contributed by atoms with E-state index in [0.29, 0.717) is 18.0 Å². The molecule has 1 aromatic rings. The predicted molar refractivity (Wildman–Crippen MR) is 85.4 cm³/mol. The van der Waals surface area contributed by atoms with Crippen LogP contribution in [-0.4, -0.2) is 61.7 Å². The van der Waals surface area contributed by atoms with Crippen LogP contribution in [0.15, 0.2) is 29.2 Å². The Bertz CT molecular complexity index is 688. The molecule has 0 aromatic heterocycles. The zero-order chi connectivity index (χ0) is 16.3. The van der Waals surface area contributed by atoms with Gasteiger partial charge < -0.3 is 10.2 Å². The summed E-state index contributed by atoms with van der Waals surface area (Å²) in [7, 11) is -0.669. The molecule has 2 amide bonds. The van der Waals surface area contributed by atoms with Crippen LogP contribution in [0.4, 0.5) is 10.5 Å². The number of amides is 2. The van der Waals surface area contributed by atoms with Gasteiger partial charge in [0.25, 0.3) is 5.24 Å². The topological polar surface area (TPSA) is 86.8 Å². The molecule has 1 N–H and O–H groups in total. The SMILES string of the molecule is CN(C)S(=O)(=O)c1cccc(NC(=O)CN2CCSC2=O)c1. The minimum Gasteiger partial charge on any atom is -0.325 e. The molecule has 1 aliphatic heterocycles. The van der Waals surface area contributed by atoms with Gasteiger partial charge in [-0.15, -0.1) is 0 Å². The first kappa shape index (κ1) is 16.8. The molecule has 0 radical (unpaired) electrons. The lowest BCUT2D eigenvalue weighted by molar-refractivity contribution is -0.116. The maximum atomic E-state index is 12.0. The van der Waals surface area contributed by atoms with E-state index in [1.807, 2.05) is 0 Å². The van der Waals surface area contributed by atoms with Gasteiger partial charge in [0.2, 0.25) is 15.9 Å². The maximum Gasteiger partial charge on any atom is 0.282 e. The molecular formula is C13H17N3O4S2. The number of sulfonamides is 1. The lowest BCUT2D eigenvalue weighted by atomic mass is 10.3. The van der Waals surface area contributed by atoms with Crippen LogP contribution in [0.1, 0.15) is 0 Å². The van der Waals surface area contributed by atoms with Gasteiger partial charge in [-0.25, -0.2) is 12.7 Å². The molecule has 7 nitrogen and oxygen atoms in total. The van der Waals surface area contributed by atoms with Crippen LogP contribution in [-0.2, 0) is 14.8 Å². The Balaban J connectivity index is 2.07. The second-order valence-corrected chi connectivity index (χ2v) is 8.10. The van der Waals surface area contributed by atoms with Crippen molar-refractivity contribution in [3.63, 3.8) is 0 Å². The molecule has 2 rings (SSSR count). The van der Waals surface area contributed by atoms with E-state index < -0.39 is 10.0 Å². The summed E-state index contributed by atoms with van der Waals surface area (Å²) in [5.41, 5.74) is 0.382. The molecule has 1 aliphatic rings. The summed E-state index contributed by atoms with van der Waals surface area (Å²) < 4.78 is 25.2. The average Bonchev–Trinajstić information content (AvgIpc) is 2.84. The fourth-order valence-corrected chi connectivity index (χ4v) is 3.66. The van der Waals surface area contributed by atoms with Gasteiger partial charge in [0, 0.05) is 32.1 Å². The summed E-state index contributed by atoms with van der Waals surface area (Å²) in [6.45, 7) is 0.516. The molecule has 1 aromatic carbocycles. The number of carbonyl (C=O) groups excluding carboxylic acids is 2. The number of thioether (sulfide) groups is 1. The van der Waals surface area contributed by atoms with Gasteiger partial charge in [0.1, 0.15) is 6.54 Å². The van der Waals surface area contributed by atoms with Crippen LogP contribution in [0.25, 0.3) is 0 Å². The minimum atomic E-state index is -3.55. The van der Waals surface area contributed by atoms with Gasteiger partial charge in [-0.05, 0) is 18.2 Å². The Morgan fingerprint density at radius 1 is 1.41 bits per heavy atom. The summed E-state index contributed by atoms with van der Waals surface area (Å²) in [6.07, 6.45) is 0. The molecule has 1 heterocycles. The van der Waals surface area contributed by atoms with E-state index in [0.717, 1.165) is 4.31 Å². The van der Waals surface area contributed by atoms with Crippen molar-refractivity contribution in [2.24, 2.45) is 0 Å². The van der Waals surface area contributed by atoms with Crippen LogP contribution in [0.2, 0.25) is 0 Å². The van der Waals surface area contributed by atoms with Crippen molar-refractivity contribution in [3.8, 4) is 0 Å². The molecule has 9 heteroatoms. The first-order chi connectivity index (χ1) is 10.3. The predicted octanol–water partition coefficient (Wildman–Crippen LogP) is 1.04. The summed E-state index contributed by atoms with van der Waals surface area (Å²) >= 11 is 1.18. The van der Waals surface area contributed by atoms with Gasteiger partial charge >= 0.3 is 0 Å². The summed E-state index contributed by atoms with van der Waals surface area (Å²) in [4.78, 5) is 24.9. The van der Waals surface area contributed by atoms with Crippen molar-refractivity contribution >= 4 is 38.6 Å². The maximum absolute atomic E-state index is 12.0. The van der Waals surface area contributed by atoms with E-state index in [1.54, 1.807) is 12.1 Å². The Morgan fingerprint density at radius 2 is 2.14 bits per heavy atom. The third-order valence-electron chi connectivity index (χ3n) is 3.08. The number of carbonyl (C=O) groups is 2. The Morgan fingerprint density at radius 3 is 2.73 bits per heavy atom. The van der Waals surface area contributed by atoms with Crippen LogP contribution in [0.5, 0.6) is 0 Å². The molecule has 1 saturated heterocycles. The summed E-state index contributed by atoms with van der Waals surface area (Å²) in [6, 6.07) is 6.02. The zero-order valence-corrected chi connectivity index (χ0v) is 13.9. The van der Waals surface area contributed by atoms with Crippen molar-refractivity contribution in [2.45, 2.75) is 4.90 Å². The fourth-order valence-electron chi connectivity index (χ4n) is 1.89. The third kappa shape index (κ3) is 3.79. The van der Waals surface area contributed by atoms with Crippen LogP contribution >= 0.6 is 11.8 Å². The molecule has 0 aliphatic carbocycles. The zero-order valence-electron chi connectivity index (χ0n) is 12.3. The second kappa shape index (κ2) is 6.67. The standard InChI is InChI=1S/C13H17N3O4S2/c1-15(2)22(19,20)11-5-3-4-10(8-11)14-12(17)9-16-6-7-21-13(16)18/h3-5,8H,6-7,9H2,1-2H3,(H,14,17). The van der Waals surface area contributed by atoms with E-state index in [-0.39, 0.29) is 22.6 Å². The van der Waals surface area contributed by atoms with E-state index >= 15 is 0 Å². The largest absolute Gasteiger partial charge is 0.325 e.